The van der Waals surface area contributed by atoms with Crippen LogP contribution in [-0.4, -0.2) is 21.0 Å². The highest BCUT2D eigenvalue weighted by atomic mass is 28.4. The molecular weight excluding hydrogens is 252 g/mol. The van der Waals surface area contributed by atoms with Gasteiger partial charge in [0.05, 0.1) is 6.61 Å². The van der Waals surface area contributed by atoms with Gasteiger partial charge in [-0.05, 0) is 29.8 Å². The molecule has 1 saturated heterocycles. The molecule has 0 saturated carbocycles. The summed E-state index contributed by atoms with van der Waals surface area (Å²) < 4.78 is 11.9. The Kier molecular flexibility index (Phi) is 4.83. The van der Waals surface area contributed by atoms with Crippen LogP contribution < -0.4 is 0 Å². The second-order valence-corrected chi connectivity index (χ2v) is 9.82. The number of hydrogen-bond donors (Lipinski definition) is 0. The zero-order valence-electron chi connectivity index (χ0n) is 12.2. The minimum Gasteiger partial charge on any atom is -0.544 e. The van der Waals surface area contributed by atoms with Gasteiger partial charge in [-0.15, -0.1) is 0 Å². The third-order valence-corrected chi connectivity index (χ3v) is 8.56. The Balaban J connectivity index is 2.19. The lowest BCUT2D eigenvalue weighted by Crippen LogP contribution is -2.36. The van der Waals surface area contributed by atoms with Gasteiger partial charge in [0, 0.05) is 0 Å². The average Bonchev–Trinajstić information content (AvgIpc) is 3.30. The first-order chi connectivity index (χ1) is 9.23. The van der Waals surface area contributed by atoms with E-state index in [4.69, 9.17) is 9.16 Å². The average molecular weight is 276 g/mol. The third-order valence-electron chi connectivity index (χ3n) is 4.03. The van der Waals surface area contributed by atoms with E-state index in [2.05, 4.69) is 51.1 Å². The van der Waals surface area contributed by atoms with Crippen LogP contribution in [0.2, 0.25) is 18.1 Å². The van der Waals surface area contributed by atoms with E-state index in [1.165, 1.54) is 23.7 Å². The third kappa shape index (κ3) is 3.70. The summed E-state index contributed by atoms with van der Waals surface area (Å²) in [6.45, 7) is 7.58. The van der Waals surface area contributed by atoms with Crippen molar-refractivity contribution < 1.29 is 9.16 Å². The van der Waals surface area contributed by atoms with Crippen molar-refractivity contribution in [1.82, 2.24) is 0 Å². The van der Waals surface area contributed by atoms with Crippen LogP contribution in [0.1, 0.15) is 26.3 Å². The molecule has 1 aliphatic rings. The minimum absolute atomic E-state index is 0.191. The molecule has 1 fully saturated rings. The fourth-order valence-electron chi connectivity index (χ4n) is 2.33. The van der Waals surface area contributed by atoms with Crippen LogP contribution in [0.15, 0.2) is 36.1 Å². The van der Waals surface area contributed by atoms with Gasteiger partial charge in [0.2, 0.25) is 8.32 Å². The normalized spacial score (nSPS) is 19.3. The highest BCUT2D eigenvalue weighted by Gasteiger charge is 2.37. The zero-order chi connectivity index (χ0) is 13.7. The van der Waals surface area contributed by atoms with Gasteiger partial charge in [-0.3, -0.25) is 0 Å². The van der Waals surface area contributed by atoms with E-state index < -0.39 is 8.32 Å². The van der Waals surface area contributed by atoms with Gasteiger partial charge in [-0.2, -0.15) is 0 Å². The van der Waals surface area contributed by atoms with Crippen molar-refractivity contribution >= 4 is 14.4 Å². The van der Waals surface area contributed by atoms with Crippen LogP contribution in [-0.2, 0) is 9.16 Å². The Morgan fingerprint density at radius 3 is 2.26 bits per heavy atom. The van der Waals surface area contributed by atoms with E-state index in [9.17, 15) is 0 Å². The monoisotopic (exact) mass is 276 g/mol. The molecule has 2 nitrogen and oxygen atoms in total. The maximum Gasteiger partial charge on any atom is 0.250 e. The van der Waals surface area contributed by atoms with Gasteiger partial charge in [0.15, 0.2) is 0 Å². The Morgan fingerprint density at radius 1 is 1.21 bits per heavy atom. The Hall–Kier alpha value is -1.06. The number of ether oxygens (including phenoxy) is 1. The Morgan fingerprint density at radius 2 is 1.79 bits per heavy atom. The summed E-state index contributed by atoms with van der Waals surface area (Å²) in [6, 6.07) is 13.9. The topological polar surface area (TPSA) is 21.8 Å². The Bertz CT molecular complexity index is 411. The fourth-order valence-corrected chi connectivity index (χ4v) is 4.95. The summed E-state index contributed by atoms with van der Waals surface area (Å²) >= 11 is 0. The van der Waals surface area contributed by atoms with Gasteiger partial charge in [-0.1, -0.05) is 51.1 Å². The lowest BCUT2D eigenvalue weighted by molar-refractivity contribution is 0.331. The summed E-state index contributed by atoms with van der Waals surface area (Å²) in [7, 11) is -1.61. The van der Waals surface area contributed by atoms with Crippen molar-refractivity contribution in [2.75, 3.05) is 6.61 Å². The van der Waals surface area contributed by atoms with Gasteiger partial charge in [-0.25, -0.2) is 0 Å². The molecule has 1 aromatic carbocycles. The second-order valence-electron chi connectivity index (χ2n) is 5.13. The quantitative estimate of drug-likeness (QED) is 0.417. The molecule has 104 valence electrons. The number of rotatable bonds is 7. The van der Waals surface area contributed by atoms with Gasteiger partial charge < -0.3 is 9.16 Å². The van der Waals surface area contributed by atoms with Crippen molar-refractivity contribution in [3.8, 4) is 0 Å². The molecule has 0 aliphatic carbocycles. The summed E-state index contributed by atoms with van der Waals surface area (Å²) in [5.41, 5.74) is 1.19. The summed E-state index contributed by atoms with van der Waals surface area (Å²) in [6.07, 6.45) is 2.34. The minimum atomic E-state index is -1.61. The van der Waals surface area contributed by atoms with E-state index in [-0.39, 0.29) is 6.10 Å². The predicted molar refractivity (Wildman–Crippen MR) is 82.4 cm³/mol. The standard InChI is InChI=1S/C16H24O2Si/c1-4-19(5-2,6-3)18-15(16-13-17-16)12-14-10-8-7-9-11-14/h7-12,16H,4-6,13H2,1-3H3/b15-12+/t16-/m0/s1. The number of epoxide rings is 1. The van der Waals surface area contributed by atoms with E-state index >= 15 is 0 Å². The molecule has 3 heteroatoms. The molecule has 0 aromatic heterocycles. The van der Waals surface area contributed by atoms with Crippen molar-refractivity contribution in [2.24, 2.45) is 0 Å². The van der Waals surface area contributed by atoms with E-state index in [0.717, 1.165) is 12.4 Å². The number of benzene rings is 1. The molecule has 0 N–H and O–H groups in total. The smallest absolute Gasteiger partial charge is 0.250 e. The van der Waals surface area contributed by atoms with Crippen LogP contribution in [0.25, 0.3) is 6.08 Å². The summed E-state index contributed by atoms with van der Waals surface area (Å²) in [5.74, 6) is 1.04. The second kappa shape index (κ2) is 6.39. The highest BCUT2D eigenvalue weighted by Crippen LogP contribution is 2.31. The molecule has 1 aromatic rings. The summed E-state index contributed by atoms with van der Waals surface area (Å²) in [4.78, 5) is 0. The van der Waals surface area contributed by atoms with Crippen LogP contribution >= 0.6 is 0 Å². The molecular formula is C16H24O2Si. The van der Waals surface area contributed by atoms with Crippen LogP contribution in [0.3, 0.4) is 0 Å². The molecule has 1 atom stereocenters. The Labute approximate surface area is 117 Å². The summed E-state index contributed by atoms with van der Waals surface area (Å²) in [5, 5.41) is 0. The maximum absolute atomic E-state index is 6.49. The molecule has 2 rings (SSSR count). The molecule has 0 radical (unpaired) electrons. The largest absolute Gasteiger partial charge is 0.544 e. The van der Waals surface area contributed by atoms with Gasteiger partial charge >= 0.3 is 0 Å². The lowest BCUT2D eigenvalue weighted by Gasteiger charge is -2.30. The van der Waals surface area contributed by atoms with Crippen molar-refractivity contribution in [2.45, 2.75) is 45.0 Å². The van der Waals surface area contributed by atoms with E-state index in [0.29, 0.717) is 0 Å². The molecule has 0 amide bonds. The molecule has 0 unspecified atom stereocenters. The fraction of sp³-hybridized carbons (Fsp3) is 0.500. The predicted octanol–water partition coefficient (Wildman–Crippen LogP) is 4.45. The maximum atomic E-state index is 6.49. The van der Waals surface area contributed by atoms with Gasteiger partial charge in [0.25, 0.3) is 0 Å². The molecule has 0 spiro atoms. The molecule has 1 aliphatic heterocycles. The van der Waals surface area contributed by atoms with E-state index in [1.54, 1.807) is 0 Å². The molecule has 1 heterocycles. The van der Waals surface area contributed by atoms with Crippen LogP contribution in [0.5, 0.6) is 0 Å². The van der Waals surface area contributed by atoms with Crippen LogP contribution in [0, 0.1) is 0 Å². The van der Waals surface area contributed by atoms with Crippen molar-refractivity contribution in [3.05, 3.63) is 41.7 Å². The number of hydrogen-bond acceptors (Lipinski definition) is 2. The van der Waals surface area contributed by atoms with E-state index in [1.807, 2.05) is 6.07 Å². The first kappa shape index (κ1) is 14.3. The first-order valence-corrected chi connectivity index (χ1v) is 9.83. The van der Waals surface area contributed by atoms with Gasteiger partial charge in [0.1, 0.15) is 11.9 Å². The van der Waals surface area contributed by atoms with Crippen LogP contribution in [0.4, 0.5) is 0 Å². The molecule has 0 bridgehead atoms. The highest BCUT2D eigenvalue weighted by molar-refractivity contribution is 6.73. The lowest BCUT2D eigenvalue weighted by atomic mass is 10.2. The van der Waals surface area contributed by atoms with Crippen molar-refractivity contribution in [1.29, 1.82) is 0 Å². The van der Waals surface area contributed by atoms with Crippen molar-refractivity contribution in [3.63, 3.8) is 0 Å². The first-order valence-electron chi connectivity index (χ1n) is 7.30. The SMILES string of the molecule is CC[Si](CC)(CC)O/C(=C/c1ccccc1)[C@@H]1CO1. The zero-order valence-corrected chi connectivity index (χ0v) is 13.2. The molecule has 19 heavy (non-hydrogen) atoms.